The van der Waals surface area contributed by atoms with Gasteiger partial charge in [0, 0.05) is 6.07 Å². The van der Waals surface area contributed by atoms with Crippen LogP contribution in [-0.4, -0.2) is 15.0 Å². The highest BCUT2D eigenvalue weighted by Gasteiger charge is 2.20. The molecule has 0 bridgehead atoms. The number of anilines is 1. The minimum Gasteiger partial charge on any atom is -0.433 e. The molecule has 0 unspecified atom stereocenters. The quantitative estimate of drug-likeness (QED) is 0.810. The molecule has 2 aromatic rings. The van der Waals surface area contributed by atoms with E-state index >= 15 is 0 Å². The largest absolute Gasteiger partial charge is 0.433 e. The number of benzene rings is 2. The third kappa shape index (κ3) is 4.26. The number of nitrogens with one attached hydrogen (secondary N) is 1. The molecule has 0 spiro atoms. The lowest BCUT2D eigenvalue weighted by molar-refractivity contribution is -0.0497. The van der Waals surface area contributed by atoms with Crippen LogP contribution in [0.15, 0.2) is 41.3 Å². The van der Waals surface area contributed by atoms with Crippen LogP contribution in [-0.2, 0) is 10.0 Å². The lowest BCUT2D eigenvalue weighted by Crippen LogP contribution is -2.15. The van der Waals surface area contributed by atoms with Gasteiger partial charge in [0.2, 0.25) is 0 Å². The van der Waals surface area contributed by atoms with Crippen LogP contribution in [0, 0.1) is 11.6 Å². The number of halogens is 5. The second kappa shape index (κ2) is 6.63. The first kappa shape index (κ1) is 17.4. The first-order valence-electron chi connectivity index (χ1n) is 5.91. The molecule has 0 heterocycles. The molecule has 0 aromatic heterocycles. The molecule has 1 N–H and O–H groups in total. The fourth-order valence-electron chi connectivity index (χ4n) is 1.66. The van der Waals surface area contributed by atoms with Crippen molar-refractivity contribution in [3.8, 4) is 5.75 Å². The van der Waals surface area contributed by atoms with Crippen LogP contribution >= 0.6 is 11.6 Å². The lowest BCUT2D eigenvalue weighted by Gasteiger charge is -2.11. The summed E-state index contributed by atoms with van der Waals surface area (Å²) in [5.41, 5.74) is -0.111. The Labute approximate surface area is 133 Å². The van der Waals surface area contributed by atoms with Gasteiger partial charge in [-0.15, -0.1) is 0 Å². The minimum atomic E-state index is -4.35. The summed E-state index contributed by atoms with van der Waals surface area (Å²) in [5, 5.41) is -0.273. The molecule has 0 aliphatic carbocycles. The van der Waals surface area contributed by atoms with Gasteiger partial charge in [-0.3, -0.25) is 4.72 Å². The predicted molar refractivity (Wildman–Crippen MR) is 75.3 cm³/mol. The Hall–Kier alpha value is -2.00. The highest BCUT2D eigenvalue weighted by molar-refractivity contribution is 7.92. The Morgan fingerprint density at radius 2 is 1.78 bits per heavy atom. The molecule has 0 fully saturated rings. The van der Waals surface area contributed by atoms with Crippen molar-refractivity contribution in [3.63, 3.8) is 0 Å². The van der Waals surface area contributed by atoms with Gasteiger partial charge in [0.1, 0.15) is 22.3 Å². The van der Waals surface area contributed by atoms with E-state index in [2.05, 4.69) is 4.74 Å². The topological polar surface area (TPSA) is 55.4 Å². The summed E-state index contributed by atoms with van der Waals surface area (Å²) in [7, 11) is -4.35. The van der Waals surface area contributed by atoms with Crippen molar-refractivity contribution in [1.29, 1.82) is 0 Å². The Morgan fingerprint density at radius 3 is 2.35 bits per heavy atom. The zero-order chi connectivity index (χ0) is 17.2. The monoisotopic (exact) mass is 369 g/mol. The smallest absolute Gasteiger partial charge is 0.387 e. The molecule has 0 saturated heterocycles. The zero-order valence-electron chi connectivity index (χ0n) is 11.1. The summed E-state index contributed by atoms with van der Waals surface area (Å²) in [5.74, 6) is -2.56. The summed E-state index contributed by atoms with van der Waals surface area (Å²) in [4.78, 5) is -0.775. The fraction of sp³-hybridized carbons (Fsp3) is 0.0769. The summed E-state index contributed by atoms with van der Waals surface area (Å²) in [6.07, 6.45) is 0. The van der Waals surface area contributed by atoms with Crippen molar-refractivity contribution in [2.45, 2.75) is 11.5 Å². The highest BCUT2D eigenvalue weighted by Crippen LogP contribution is 2.30. The fourth-order valence-corrected chi connectivity index (χ4v) is 2.99. The normalized spacial score (nSPS) is 11.6. The van der Waals surface area contributed by atoms with E-state index in [1.807, 2.05) is 4.72 Å². The zero-order valence-corrected chi connectivity index (χ0v) is 12.6. The van der Waals surface area contributed by atoms with E-state index in [0.717, 1.165) is 30.3 Å². The van der Waals surface area contributed by atoms with Crippen LogP contribution in [0.4, 0.5) is 23.2 Å². The number of rotatable bonds is 5. The van der Waals surface area contributed by atoms with Crippen molar-refractivity contribution >= 4 is 27.3 Å². The second-order valence-electron chi connectivity index (χ2n) is 4.20. The molecule has 0 aliphatic heterocycles. The van der Waals surface area contributed by atoms with E-state index in [1.165, 1.54) is 0 Å². The van der Waals surface area contributed by atoms with Gasteiger partial charge in [0.15, 0.2) is 0 Å². The van der Waals surface area contributed by atoms with Gasteiger partial charge in [0.25, 0.3) is 10.0 Å². The Bertz CT molecular complexity index is 830. The Morgan fingerprint density at radius 1 is 1.09 bits per heavy atom. The average Bonchev–Trinajstić information content (AvgIpc) is 2.40. The van der Waals surface area contributed by atoms with E-state index in [1.54, 1.807) is 0 Å². The van der Waals surface area contributed by atoms with Gasteiger partial charge < -0.3 is 4.74 Å². The third-order valence-electron chi connectivity index (χ3n) is 2.58. The SMILES string of the molecule is O=S(=O)(Nc1ccc(OC(F)F)c(Cl)c1)c1ccc(F)cc1F. The van der Waals surface area contributed by atoms with E-state index < -0.39 is 33.2 Å². The van der Waals surface area contributed by atoms with Crippen LogP contribution in [0.2, 0.25) is 5.02 Å². The Kier molecular flexibility index (Phi) is 5.00. The van der Waals surface area contributed by atoms with Gasteiger partial charge in [-0.2, -0.15) is 8.78 Å². The molecule has 4 nitrogen and oxygen atoms in total. The number of alkyl halides is 2. The van der Waals surface area contributed by atoms with Crippen molar-refractivity contribution < 1.29 is 30.7 Å². The van der Waals surface area contributed by atoms with Crippen LogP contribution in [0.25, 0.3) is 0 Å². The van der Waals surface area contributed by atoms with Crippen LogP contribution in [0.3, 0.4) is 0 Å². The third-order valence-corrected chi connectivity index (χ3v) is 4.29. The van der Waals surface area contributed by atoms with Gasteiger partial charge in [-0.25, -0.2) is 17.2 Å². The van der Waals surface area contributed by atoms with Crippen molar-refractivity contribution in [3.05, 3.63) is 53.1 Å². The molecule has 10 heteroatoms. The number of hydrogen-bond acceptors (Lipinski definition) is 3. The van der Waals surface area contributed by atoms with Crippen molar-refractivity contribution in [2.24, 2.45) is 0 Å². The standard InChI is InChI=1S/C13H8ClF4NO3S/c14-9-6-8(2-3-11(9)22-13(17)18)19-23(20,21)12-4-1-7(15)5-10(12)16/h1-6,13,19H. The van der Waals surface area contributed by atoms with E-state index in [9.17, 15) is 26.0 Å². The lowest BCUT2D eigenvalue weighted by atomic mass is 10.3. The molecule has 2 rings (SSSR count). The molecule has 0 aliphatic rings. The summed E-state index contributed by atoms with van der Waals surface area (Å²) < 4.78 is 80.8. The number of hydrogen-bond donors (Lipinski definition) is 1. The molecule has 0 atom stereocenters. The first-order chi connectivity index (χ1) is 10.7. The molecule has 0 saturated carbocycles. The summed E-state index contributed by atoms with van der Waals surface area (Å²) in [6, 6.07) is 5.09. The number of ether oxygens (including phenoxy) is 1. The van der Waals surface area contributed by atoms with Crippen LogP contribution in [0.1, 0.15) is 0 Å². The first-order valence-corrected chi connectivity index (χ1v) is 7.77. The molecule has 0 amide bonds. The molecule has 2 aromatic carbocycles. The predicted octanol–water partition coefficient (Wildman–Crippen LogP) is 4.02. The molecule has 124 valence electrons. The maximum absolute atomic E-state index is 13.5. The van der Waals surface area contributed by atoms with Gasteiger partial charge in [0.05, 0.1) is 10.7 Å². The summed E-state index contributed by atoms with van der Waals surface area (Å²) >= 11 is 5.68. The molecule has 0 radical (unpaired) electrons. The van der Waals surface area contributed by atoms with Gasteiger partial charge >= 0.3 is 6.61 Å². The van der Waals surface area contributed by atoms with E-state index in [4.69, 9.17) is 11.6 Å². The van der Waals surface area contributed by atoms with E-state index in [0.29, 0.717) is 6.07 Å². The van der Waals surface area contributed by atoms with Crippen molar-refractivity contribution in [2.75, 3.05) is 4.72 Å². The highest BCUT2D eigenvalue weighted by atomic mass is 35.5. The maximum atomic E-state index is 13.5. The number of sulfonamides is 1. The van der Waals surface area contributed by atoms with Crippen molar-refractivity contribution in [1.82, 2.24) is 0 Å². The molecular formula is C13H8ClF4NO3S. The van der Waals surface area contributed by atoms with Crippen LogP contribution in [0.5, 0.6) is 5.75 Å². The second-order valence-corrected chi connectivity index (χ2v) is 6.26. The van der Waals surface area contributed by atoms with Crippen LogP contribution < -0.4 is 9.46 Å². The molecule has 23 heavy (non-hydrogen) atoms. The minimum absolute atomic E-state index is 0.111. The summed E-state index contributed by atoms with van der Waals surface area (Å²) in [6.45, 7) is -3.09. The Balaban J connectivity index is 2.29. The van der Waals surface area contributed by atoms with E-state index in [-0.39, 0.29) is 16.5 Å². The maximum Gasteiger partial charge on any atom is 0.387 e. The molecular weight excluding hydrogens is 362 g/mol. The van der Waals surface area contributed by atoms with Gasteiger partial charge in [-0.05, 0) is 30.3 Å². The van der Waals surface area contributed by atoms with Gasteiger partial charge in [-0.1, -0.05) is 11.6 Å². The average molecular weight is 370 g/mol.